The molecule has 0 amide bonds. The molecule has 0 aliphatic rings. The summed E-state index contributed by atoms with van der Waals surface area (Å²) in [4.78, 5) is 7.56. The lowest BCUT2D eigenvalue weighted by Crippen LogP contribution is -2.17. The van der Waals surface area contributed by atoms with Crippen LogP contribution in [0.4, 0.5) is 11.5 Å². The van der Waals surface area contributed by atoms with Gasteiger partial charge in [-0.3, -0.25) is 4.72 Å². The molecule has 0 aliphatic carbocycles. The minimum absolute atomic E-state index is 0.0732. The average molecular weight is 367 g/mol. The second kappa shape index (κ2) is 4.99. The Morgan fingerprint density at radius 3 is 2.68 bits per heavy atom. The predicted molar refractivity (Wildman–Crippen MR) is 75.4 cm³/mol. The largest absolute Gasteiger partial charge is 0.381 e. The monoisotopic (exact) mass is 365 g/mol. The third-order valence-corrected chi connectivity index (χ3v) is 4.86. The van der Waals surface area contributed by atoms with E-state index in [1.54, 1.807) is 0 Å². The molecule has 2 rings (SSSR count). The Bertz CT molecular complexity index is 711. The fraction of sp³-hybridized carbons (Fsp3) is 0.111. The van der Waals surface area contributed by atoms with Gasteiger partial charge in [0, 0.05) is 7.05 Å². The van der Waals surface area contributed by atoms with Crippen molar-refractivity contribution in [2.24, 2.45) is 7.05 Å². The van der Waals surface area contributed by atoms with Gasteiger partial charge < -0.3 is 10.3 Å². The standard InChI is InChI=1S/C9H9BrClN5O2S/c1-16-4-14-8(12)9(16)19(17,18)15-5-2-6(10)7(11)13-3-5/h2-4,15H,12H2,1H3. The maximum atomic E-state index is 12.2. The SMILES string of the molecule is Cn1cnc(N)c1S(=O)(=O)Nc1cnc(Cl)c(Br)c1. The van der Waals surface area contributed by atoms with Crippen LogP contribution in [-0.4, -0.2) is 23.0 Å². The molecule has 2 aromatic heterocycles. The van der Waals surface area contributed by atoms with Gasteiger partial charge in [0.1, 0.15) is 5.15 Å². The molecule has 0 radical (unpaired) electrons. The van der Waals surface area contributed by atoms with Crippen LogP contribution < -0.4 is 10.5 Å². The van der Waals surface area contributed by atoms with E-state index in [0.29, 0.717) is 4.47 Å². The van der Waals surface area contributed by atoms with Gasteiger partial charge in [-0.2, -0.15) is 8.42 Å². The van der Waals surface area contributed by atoms with E-state index in [1.807, 2.05) is 0 Å². The van der Waals surface area contributed by atoms with Crippen molar-refractivity contribution in [3.63, 3.8) is 0 Å². The molecule has 102 valence electrons. The Kier molecular flexibility index (Phi) is 3.70. The summed E-state index contributed by atoms with van der Waals surface area (Å²) in [6, 6.07) is 1.50. The molecule has 7 nitrogen and oxygen atoms in total. The van der Waals surface area contributed by atoms with Crippen molar-refractivity contribution < 1.29 is 8.42 Å². The van der Waals surface area contributed by atoms with E-state index in [-0.39, 0.29) is 21.7 Å². The first-order valence-corrected chi connectivity index (χ1v) is 7.57. The lowest BCUT2D eigenvalue weighted by atomic mass is 10.4. The van der Waals surface area contributed by atoms with Crippen LogP contribution in [0.15, 0.2) is 28.1 Å². The molecule has 0 aliphatic heterocycles. The van der Waals surface area contributed by atoms with Crippen molar-refractivity contribution >= 4 is 49.1 Å². The zero-order chi connectivity index (χ0) is 14.2. The molecule has 0 saturated heterocycles. The molecule has 19 heavy (non-hydrogen) atoms. The zero-order valence-corrected chi connectivity index (χ0v) is 12.8. The fourth-order valence-corrected chi connectivity index (χ4v) is 3.17. The number of pyridine rings is 1. The number of rotatable bonds is 3. The summed E-state index contributed by atoms with van der Waals surface area (Å²) >= 11 is 8.89. The third-order valence-electron chi connectivity index (χ3n) is 2.21. The number of aryl methyl sites for hydroxylation is 1. The average Bonchev–Trinajstić information content (AvgIpc) is 2.64. The number of hydrogen-bond donors (Lipinski definition) is 2. The summed E-state index contributed by atoms with van der Waals surface area (Å²) in [5.74, 6) is -0.0732. The molecule has 2 heterocycles. The number of nitrogens with zero attached hydrogens (tertiary/aromatic N) is 3. The van der Waals surface area contributed by atoms with Crippen molar-refractivity contribution in [1.82, 2.24) is 14.5 Å². The van der Waals surface area contributed by atoms with E-state index in [2.05, 4.69) is 30.6 Å². The summed E-state index contributed by atoms with van der Waals surface area (Å²) in [5.41, 5.74) is 5.80. The zero-order valence-electron chi connectivity index (χ0n) is 9.63. The van der Waals surface area contributed by atoms with Gasteiger partial charge in [-0.05, 0) is 22.0 Å². The van der Waals surface area contributed by atoms with Gasteiger partial charge in [-0.1, -0.05) is 11.6 Å². The van der Waals surface area contributed by atoms with Gasteiger partial charge in [0.2, 0.25) is 0 Å². The number of aromatic nitrogens is 3. The summed E-state index contributed by atoms with van der Waals surface area (Å²) in [7, 11) is -2.30. The van der Waals surface area contributed by atoms with Crippen LogP contribution in [0.25, 0.3) is 0 Å². The van der Waals surface area contributed by atoms with Gasteiger partial charge in [-0.25, -0.2) is 9.97 Å². The molecule has 0 saturated carbocycles. The van der Waals surface area contributed by atoms with Gasteiger partial charge in [-0.15, -0.1) is 0 Å². The number of sulfonamides is 1. The van der Waals surface area contributed by atoms with Crippen molar-refractivity contribution in [2.75, 3.05) is 10.5 Å². The maximum absolute atomic E-state index is 12.2. The highest BCUT2D eigenvalue weighted by Crippen LogP contribution is 2.25. The quantitative estimate of drug-likeness (QED) is 0.803. The highest BCUT2D eigenvalue weighted by molar-refractivity contribution is 9.10. The van der Waals surface area contributed by atoms with Crippen molar-refractivity contribution in [3.8, 4) is 0 Å². The normalized spacial score (nSPS) is 11.5. The van der Waals surface area contributed by atoms with E-state index in [4.69, 9.17) is 17.3 Å². The van der Waals surface area contributed by atoms with Gasteiger partial charge in [0.05, 0.1) is 22.7 Å². The topological polar surface area (TPSA) is 103 Å². The molecule has 0 unspecified atom stereocenters. The highest BCUT2D eigenvalue weighted by Gasteiger charge is 2.22. The minimum atomic E-state index is -3.84. The molecule has 10 heteroatoms. The fourth-order valence-electron chi connectivity index (χ4n) is 1.44. The van der Waals surface area contributed by atoms with Gasteiger partial charge in [0.25, 0.3) is 10.0 Å². The number of nitrogens with one attached hydrogen (secondary N) is 1. The summed E-state index contributed by atoms with van der Waals surface area (Å²) < 4.78 is 28.5. The van der Waals surface area contributed by atoms with Crippen LogP contribution in [0.1, 0.15) is 0 Å². The summed E-state index contributed by atoms with van der Waals surface area (Å²) in [6.45, 7) is 0. The van der Waals surface area contributed by atoms with Crippen molar-refractivity contribution in [1.29, 1.82) is 0 Å². The first kappa shape index (κ1) is 14.1. The molecular weight excluding hydrogens is 358 g/mol. The number of anilines is 2. The smallest absolute Gasteiger partial charge is 0.281 e. The lowest BCUT2D eigenvalue weighted by molar-refractivity contribution is 0.592. The molecule has 0 bridgehead atoms. The van der Waals surface area contributed by atoms with E-state index < -0.39 is 10.0 Å². The second-order valence-corrected chi connectivity index (χ2v) is 6.46. The predicted octanol–water partition coefficient (Wildman–Crippen LogP) is 1.61. The molecule has 2 aromatic rings. The second-order valence-electron chi connectivity index (χ2n) is 3.65. The van der Waals surface area contributed by atoms with Crippen LogP contribution in [-0.2, 0) is 17.1 Å². The number of nitrogens with two attached hydrogens (primary N) is 1. The van der Waals surface area contributed by atoms with Crippen LogP contribution >= 0.6 is 27.5 Å². The molecule has 0 fully saturated rings. The Labute approximate surface area is 123 Å². The molecular formula is C9H9BrClN5O2S. The van der Waals surface area contributed by atoms with Gasteiger partial charge in [0.15, 0.2) is 10.8 Å². The van der Waals surface area contributed by atoms with Crippen molar-refractivity contribution in [3.05, 3.63) is 28.2 Å². The third kappa shape index (κ3) is 2.82. The Morgan fingerprint density at radius 2 is 2.16 bits per heavy atom. The first-order valence-electron chi connectivity index (χ1n) is 4.92. The summed E-state index contributed by atoms with van der Waals surface area (Å²) in [6.07, 6.45) is 2.62. The van der Waals surface area contributed by atoms with Crippen LogP contribution in [0, 0.1) is 0 Å². The van der Waals surface area contributed by atoms with E-state index in [9.17, 15) is 8.42 Å². The lowest BCUT2D eigenvalue weighted by Gasteiger charge is -2.09. The molecule has 0 aromatic carbocycles. The van der Waals surface area contributed by atoms with Crippen LogP contribution in [0.3, 0.4) is 0 Å². The van der Waals surface area contributed by atoms with E-state index >= 15 is 0 Å². The minimum Gasteiger partial charge on any atom is -0.381 e. The van der Waals surface area contributed by atoms with Gasteiger partial charge >= 0.3 is 0 Å². The van der Waals surface area contributed by atoms with Crippen molar-refractivity contribution in [2.45, 2.75) is 5.03 Å². The first-order chi connectivity index (χ1) is 8.81. The number of nitrogen functional groups attached to an aromatic ring is 1. The number of hydrogen-bond acceptors (Lipinski definition) is 5. The summed E-state index contributed by atoms with van der Waals surface area (Å²) in [5, 5.41) is 0.126. The Hall–Kier alpha value is -1.32. The number of halogens is 2. The molecule has 3 N–H and O–H groups in total. The molecule has 0 spiro atoms. The highest BCUT2D eigenvalue weighted by atomic mass is 79.9. The van der Waals surface area contributed by atoms with Crippen LogP contribution in [0.2, 0.25) is 5.15 Å². The van der Waals surface area contributed by atoms with E-state index in [0.717, 1.165) is 0 Å². The molecule has 0 atom stereocenters. The maximum Gasteiger partial charge on any atom is 0.281 e. The number of imidazole rings is 1. The van der Waals surface area contributed by atoms with Crippen LogP contribution in [0.5, 0.6) is 0 Å². The Morgan fingerprint density at radius 1 is 1.47 bits per heavy atom. The Balaban J connectivity index is 2.39. The van der Waals surface area contributed by atoms with E-state index in [1.165, 1.54) is 30.2 Å².